The Morgan fingerprint density at radius 3 is 2.54 bits per heavy atom. The molecule has 0 spiro atoms. The fourth-order valence-corrected chi connectivity index (χ4v) is 1.49. The van der Waals surface area contributed by atoms with Gasteiger partial charge in [-0.15, -0.1) is 0 Å². The van der Waals surface area contributed by atoms with Gasteiger partial charge >= 0.3 is 0 Å². The standard InChI is InChI=1S/C11H13N2/c1-11(2)8-12-9-13(11)10-6-4-3-5-7-10/h3-7H,8H2,1-2H3. The second-order valence-corrected chi connectivity index (χ2v) is 3.90. The van der Waals surface area contributed by atoms with Crippen molar-refractivity contribution in [3.63, 3.8) is 0 Å². The molecule has 1 aromatic rings. The molecule has 0 aromatic heterocycles. The van der Waals surface area contributed by atoms with Crippen molar-refractivity contribution in [2.45, 2.75) is 19.4 Å². The minimum atomic E-state index is 0.0708. The van der Waals surface area contributed by atoms with Crippen LogP contribution in [0.2, 0.25) is 0 Å². The SMILES string of the molecule is CC1(C)CN=[C]N1c1ccccc1. The highest BCUT2D eigenvalue weighted by Crippen LogP contribution is 2.25. The summed E-state index contributed by atoms with van der Waals surface area (Å²) >= 11 is 0. The number of hydrogen-bond donors (Lipinski definition) is 0. The van der Waals surface area contributed by atoms with Crippen LogP contribution in [0.1, 0.15) is 13.8 Å². The maximum atomic E-state index is 4.17. The molecule has 67 valence electrons. The second-order valence-electron chi connectivity index (χ2n) is 3.90. The lowest BCUT2D eigenvalue weighted by Crippen LogP contribution is -2.40. The summed E-state index contributed by atoms with van der Waals surface area (Å²) in [5.41, 5.74) is 1.23. The third-order valence-electron chi connectivity index (χ3n) is 2.26. The largest absolute Gasteiger partial charge is 0.316 e. The van der Waals surface area contributed by atoms with Gasteiger partial charge in [0.05, 0.1) is 12.1 Å². The highest BCUT2D eigenvalue weighted by atomic mass is 15.3. The van der Waals surface area contributed by atoms with Crippen molar-refractivity contribution in [2.75, 3.05) is 11.4 Å². The van der Waals surface area contributed by atoms with Gasteiger partial charge in [-0.1, -0.05) is 18.2 Å². The molecule has 0 aliphatic carbocycles. The summed E-state index contributed by atoms with van der Waals surface area (Å²) in [6.07, 6.45) is 3.02. The first-order valence-corrected chi connectivity index (χ1v) is 4.47. The third kappa shape index (κ3) is 1.44. The maximum absolute atomic E-state index is 4.17. The normalized spacial score (nSPS) is 19.4. The lowest BCUT2D eigenvalue weighted by Gasteiger charge is -2.30. The highest BCUT2D eigenvalue weighted by Gasteiger charge is 2.30. The van der Waals surface area contributed by atoms with Gasteiger partial charge in [-0.3, -0.25) is 4.99 Å². The van der Waals surface area contributed by atoms with Gasteiger partial charge in [-0.2, -0.15) is 0 Å². The molecule has 13 heavy (non-hydrogen) atoms. The van der Waals surface area contributed by atoms with Gasteiger partial charge in [0.2, 0.25) is 0 Å². The monoisotopic (exact) mass is 173 g/mol. The second kappa shape index (κ2) is 2.87. The summed E-state index contributed by atoms with van der Waals surface area (Å²) in [7, 11) is 0. The number of benzene rings is 1. The molecule has 0 N–H and O–H groups in total. The Morgan fingerprint density at radius 1 is 1.31 bits per heavy atom. The van der Waals surface area contributed by atoms with Crippen molar-refractivity contribution < 1.29 is 0 Å². The third-order valence-corrected chi connectivity index (χ3v) is 2.26. The Balaban J connectivity index is 2.32. The molecule has 2 heteroatoms. The highest BCUT2D eigenvalue weighted by molar-refractivity contribution is 5.83. The zero-order valence-corrected chi connectivity index (χ0v) is 7.99. The molecule has 1 aliphatic heterocycles. The number of rotatable bonds is 1. The fraction of sp³-hybridized carbons (Fsp3) is 0.364. The smallest absolute Gasteiger partial charge is 0.172 e. The van der Waals surface area contributed by atoms with Crippen LogP contribution in [0.15, 0.2) is 35.3 Å². The van der Waals surface area contributed by atoms with E-state index < -0.39 is 0 Å². The van der Waals surface area contributed by atoms with E-state index >= 15 is 0 Å². The van der Waals surface area contributed by atoms with Crippen LogP contribution in [0.4, 0.5) is 5.69 Å². The maximum Gasteiger partial charge on any atom is 0.172 e. The molecular weight excluding hydrogens is 160 g/mol. The summed E-state index contributed by atoms with van der Waals surface area (Å²) in [5, 5.41) is 0. The molecule has 0 unspecified atom stereocenters. The number of aliphatic imine (C=N–C) groups is 1. The fourth-order valence-electron chi connectivity index (χ4n) is 1.49. The van der Waals surface area contributed by atoms with Crippen LogP contribution in [-0.2, 0) is 0 Å². The van der Waals surface area contributed by atoms with Crippen LogP contribution in [-0.4, -0.2) is 18.4 Å². The Hall–Kier alpha value is -1.31. The number of para-hydroxylation sites is 1. The summed E-state index contributed by atoms with van der Waals surface area (Å²) < 4.78 is 0. The van der Waals surface area contributed by atoms with Crippen LogP contribution in [0.5, 0.6) is 0 Å². The molecule has 0 atom stereocenters. The van der Waals surface area contributed by atoms with Crippen molar-refractivity contribution in [1.82, 2.24) is 0 Å². The van der Waals surface area contributed by atoms with E-state index in [0.717, 1.165) is 12.2 Å². The van der Waals surface area contributed by atoms with E-state index in [-0.39, 0.29) is 5.54 Å². The van der Waals surface area contributed by atoms with Gasteiger partial charge < -0.3 is 4.90 Å². The first kappa shape index (κ1) is 8.30. The van der Waals surface area contributed by atoms with Crippen molar-refractivity contribution in [3.05, 3.63) is 30.3 Å². The molecule has 1 radical (unpaired) electrons. The number of anilines is 1. The predicted octanol–water partition coefficient (Wildman–Crippen LogP) is 2.19. The van der Waals surface area contributed by atoms with Crippen LogP contribution in [0.25, 0.3) is 0 Å². The van der Waals surface area contributed by atoms with Gasteiger partial charge in [0.1, 0.15) is 0 Å². The van der Waals surface area contributed by atoms with Gasteiger partial charge in [0.25, 0.3) is 0 Å². The molecule has 0 fully saturated rings. The molecule has 0 saturated heterocycles. The van der Waals surface area contributed by atoms with Crippen LogP contribution >= 0.6 is 0 Å². The van der Waals surface area contributed by atoms with Crippen LogP contribution in [0, 0.1) is 0 Å². The number of nitrogens with zero attached hydrogens (tertiary/aromatic N) is 2. The summed E-state index contributed by atoms with van der Waals surface area (Å²) in [4.78, 5) is 6.26. The Bertz CT molecular complexity index is 314. The van der Waals surface area contributed by atoms with Crippen molar-refractivity contribution in [2.24, 2.45) is 4.99 Å². The number of hydrogen-bond acceptors (Lipinski definition) is 2. The quantitative estimate of drug-likeness (QED) is 0.635. The molecule has 1 heterocycles. The van der Waals surface area contributed by atoms with Crippen molar-refractivity contribution >= 4 is 12.0 Å². The predicted molar refractivity (Wildman–Crippen MR) is 55.3 cm³/mol. The molecule has 0 amide bonds. The van der Waals surface area contributed by atoms with Crippen LogP contribution < -0.4 is 4.90 Å². The summed E-state index contributed by atoms with van der Waals surface area (Å²) in [6, 6.07) is 10.2. The minimum absolute atomic E-state index is 0.0708. The molecule has 1 aromatic carbocycles. The Labute approximate surface area is 78.9 Å². The molecule has 2 nitrogen and oxygen atoms in total. The van der Waals surface area contributed by atoms with E-state index in [1.807, 2.05) is 18.2 Å². The van der Waals surface area contributed by atoms with E-state index in [2.05, 4.69) is 42.2 Å². The van der Waals surface area contributed by atoms with Gasteiger partial charge in [0.15, 0.2) is 6.34 Å². The first-order chi connectivity index (χ1) is 6.20. The summed E-state index contributed by atoms with van der Waals surface area (Å²) in [5.74, 6) is 0. The van der Waals surface area contributed by atoms with E-state index in [1.54, 1.807) is 0 Å². The van der Waals surface area contributed by atoms with E-state index in [9.17, 15) is 0 Å². The molecule has 0 saturated carbocycles. The molecular formula is C11H13N2. The first-order valence-electron chi connectivity index (χ1n) is 4.47. The molecule has 1 aliphatic rings. The van der Waals surface area contributed by atoms with Crippen molar-refractivity contribution in [1.29, 1.82) is 0 Å². The average Bonchev–Trinajstić information content (AvgIpc) is 2.47. The van der Waals surface area contributed by atoms with E-state index in [4.69, 9.17) is 0 Å². The van der Waals surface area contributed by atoms with E-state index in [1.165, 1.54) is 0 Å². The Morgan fingerprint density at radius 2 is 2.00 bits per heavy atom. The van der Waals surface area contributed by atoms with Gasteiger partial charge in [0, 0.05) is 5.69 Å². The topological polar surface area (TPSA) is 15.6 Å². The summed E-state index contributed by atoms with van der Waals surface area (Å²) in [6.45, 7) is 5.16. The average molecular weight is 173 g/mol. The zero-order valence-electron chi connectivity index (χ0n) is 7.99. The van der Waals surface area contributed by atoms with Crippen molar-refractivity contribution in [3.8, 4) is 0 Å². The lowest BCUT2D eigenvalue weighted by molar-refractivity contribution is 0.559. The molecule has 2 rings (SSSR count). The Kier molecular flexibility index (Phi) is 1.83. The lowest BCUT2D eigenvalue weighted by atomic mass is 10.0. The van der Waals surface area contributed by atoms with E-state index in [0.29, 0.717) is 0 Å². The minimum Gasteiger partial charge on any atom is -0.316 e. The molecule has 0 bridgehead atoms. The zero-order chi connectivity index (χ0) is 9.31. The van der Waals surface area contributed by atoms with Gasteiger partial charge in [-0.05, 0) is 26.0 Å². The van der Waals surface area contributed by atoms with Crippen LogP contribution in [0.3, 0.4) is 0 Å². The van der Waals surface area contributed by atoms with Gasteiger partial charge in [-0.25, -0.2) is 0 Å².